The van der Waals surface area contributed by atoms with E-state index in [0.717, 1.165) is 26.2 Å². The van der Waals surface area contributed by atoms with Gasteiger partial charge >= 0.3 is 0 Å². The Morgan fingerprint density at radius 1 is 1.07 bits per heavy atom. The third-order valence-electron chi connectivity index (χ3n) is 5.55. The molecule has 0 radical (unpaired) electrons. The maximum absolute atomic E-state index is 13.3. The van der Waals surface area contributed by atoms with Gasteiger partial charge in [-0.3, -0.25) is 9.59 Å². The zero-order chi connectivity index (χ0) is 21.3. The van der Waals surface area contributed by atoms with E-state index in [9.17, 15) is 9.59 Å². The van der Waals surface area contributed by atoms with Crippen molar-refractivity contribution in [1.82, 2.24) is 15.1 Å². The molecule has 0 spiro atoms. The summed E-state index contributed by atoms with van der Waals surface area (Å²) in [5.41, 5.74) is 1.78. The highest BCUT2D eigenvalue weighted by Gasteiger charge is 2.22. The summed E-state index contributed by atoms with van der Waals surface area (Å²) >= 11 is 0. The summed E-state index contributed by atoms with van der Waals surface area (Å²) in [6.45, 7) is 6.18. The maximum Gasteiger partial charge on any atom is 0.253 e. The zero-order valence-electron chi connectivity index (χ0n) is 17.8. The molecule has 0 aromatic heterocycles. The number of carbonyl (C=O) groups excluding carboxylic acids is 2. The number of ether oxygens (including phenoxy) is 1. The molecule has 1 aliphatic heterocycles. The van der Waals surface area contributed by atoms with Gasteiger partial charge in [-0.1, -0.05) is 37.3 Å². The van der Waals surface area contributed by atoms with Gasteiger partial charge in [0.15, 0.2) is 0 Å². The molecule has 2 amide bonds. The minimum atomic E-state index is -0.0615. The van der Waals surface area contributed by atoms with E-state index < -0.39 is 0 Å². The van der Waals surface area contributed by atoms with Crippen molar-refractivity contribution in [3.05, 3.63) is 65.7 Å². The molecule has 6 heteroatoms. The Balaban J connectivity index is 1.71. The van der Waals surface area contributed by atoms with Gasteiger partial charge in [0.1, 0.15) is 5.75 Å². The number of piperazine rings is 1. The van der Waals surface area contributed by atoms with Crippen molar-refractivity contribution in [1.29, 1.82) is 0 Å². The lowest BCUT2D eigenvalue weighted by molar-refractivity contribution is -0.131. The number of hydrogen-bond donors (Lipinski definition) is 1. The predicted molar refractivity (Wildman–Crippen MR) is 118 cm³/mol. The predicted octanol–water partition coefficient (Wildman–Crippen LogP) is 2.76. The molecular weight excluding hydrogens is 378 g/mol. The lowest BCUT2D eigenvalue weighted by atomic mass is 10.00. The van der Waals surface area contributed by atoms with Crippen LogP contribution in [0.15, 0.2) is 54.6 Å². The third kappa shape index (κ3) is 5.83. The van der Waals surface area contributed by atoms with Crippen molar-refractivity contribution in [3.8, 4) is 5.75 Å². The van der Waals surface area contributed by atoms with Crippen LogP contribution >= 0.6 is 0 Å². The van der Waals surface area contributed by atoms with E-state index >= 15 is 0 Å². The Labute approximate surface area is 178 Å². The zero-order valence-corrected chi connectivity index (χ0v) is 17.8. The number of rotatable bonds is 8. The van der Waals surface area contributed by atoms with E-state index in [1.807, 2.05) is 23.1 Å². The van der Waals surface area contributed by atoms with Crippen molar-refractivity contribution in [3.63, 3.8) is 0 Å². The molecule has 0 unspecified atom stereocenters. The van der Waals surface area contributed by atoms with Gasteiger partial charge in [0, 0.05) is 51.3 Å². The van der Waals surface area contributed by atoms with Crippen molar-refractivity contribution in [2.75, 3.05) is 46.4 Å². The van der Waals surface area contributed by atoms with E-state index in [4.69, 9.17) is 4.74 Å². The van der Waals surface area contributed by atoms with Crippen LogP contribution in [0.2, 0.25) is 0 Å². The average molecular weight is 410 g/mol. The second-order valence-electron chi connectivity index (χ2n) is 7.67. The monoisotopic (exact) mass is 409 g/mol. The molecule has 0 saturated carbocycles. The van der Waals surface area contributed by atoms with Crippen molar-refractivity contribution in [2.24, 2.45) is 0 Å². The molecule has 2 aromatic rings. The first-order chi connectivity index (χ1) is 14.6. The molecule has 1 aliphatic rings. The minimum absolute atomic E-state index is 0.0615. The molecule has 6 nitrogen and oxygen atoms in total. The Morgan fingerprint density at radius 3 is 2.37 bits per heavy atom. The average Bonchev–Trinajstić information content (AvgIpc) is 2.82. The highest BCUT2D eigenvalue weighted by Crippen LogP contribution is 2.19. The minimum Gasteiger partial charge on any atom is -0.497 e. The maximum atomic E-state index is 13.3. The number of benzene rings is 2. The van der Waals surface area contributed by atoms with Gasteiger partial charge in [0.2, 0.25) is 5.91 Å². The highest BCUT2D eigenvalue weighted by molar-refractivity contribution is 5.94. The fourth-order valence-electron chi connectivity index (χ4n) is 3.71. The molecule has 0 bridgehead atoms. The van der Waals surface area contributed by atoms with Crippen molar-refractivity contribution in [2.45, 2.75) is 19.3 Å². The standard InChI is InChI=1S/C24H31N3O3/c1-19(20-6-4-3-5-7-20)18-27(15-12-23(28)26-16-13-25-14-17-26)24(29)21-8-10-22(30-2)11-9-21/h3-11,19,25H,12-18H2,1-2H3/t19-/m1/s1. The number of amides is 2. The number of nitrogens with zero attached hydrogens (tertiary/aromatic N) is 2. The molecule has 30 heavy (non-hydrogen) atoms. The Bertz CT molecular complexity index is 817. The molecule has 0 aliphatic carbocycles. The van der Waals surface area contributed by atoms with Gasteiger partial charge in [-0.05, 0) is 35.7 Å². The number of hydrogen-bond acceptors (Lipinski definition) is 4. The number of methoxy groups -OCH3 is 1. The first kappa shape index (κ1) is 21.8. The fraction of sp³-hybridized carbons (Fsp3) is 0.417. The molecular formula is C24H31N3O3. The van der Waals surface area contributed by atoms with Crippen LogP contribution in [0.4, 0.5) is 0 Å². The fourth-order valence-corrected chi connectivity index (χ4v) is 3.71. The second-order valence-corrected chi connectivity index (χ2v) is 7.67. The normalized spacial score (nSPS) is 14.8. The molecule has 1 fully saturated rings. The van der Waals surface area contributed by atoms with Gasteiger partial charge in [0.05, 0.1) is 7.11 Å². The first-order valence-electron chi connectivity index (χ1n) is 10.5. The molecule has 2 aromatic carbocycles. The van der Waals surface area contributed by atoms with Crippen LogP contribution < -0.4 is 10.1 Å². The molecule has 1 heterocycles. The van der Waals surface area contributed by atoms with Crippen LogP contribution in [0.5, 0.6) is 5.75 Å². The van der Waals surface area contributed by atoms with Crippen molar-refractivity contribution < 1.29 is 14.3 Å². The number of nitrogens with one attached hydrogen (secondary N) is 1. The van der Waals surface area contributed by atoms with Gasteiger partial charge in [-0.25, -0.2) is 0 Å². The Morgan fingerprint density at radius 2 is 1.73 bits per heavy atom. The van der Waals surface area contributed by atoms with Gasteiger partial charge in [-0.15, -0.1) is 0 Å². The SMILES string of the molecule is COc1ccc(C(=O)N(CCC(=O)N2CCNCC2)C[C@@H](C)c2ccccc2)cc1. The summed E-state index contributed by atoms with van der Waals surface area (Å²) in [5.74, 6) is 0.928. The van der Waals surface area contributed by atoms with E-state index in [0.29, 0.717) is 30.8 Å². The van der Waals surface area contributed by atoms with Crippen LogP contribution in [0.3, 0.4) is 0 Å². The molecule has 1 saturated heterocycles. The van der Waals surface area contributed by atoms with E-state index in [1.165, 1.54) is 5.56 Å². The van der Waals surface area contributed by atoms with E-state index in [1.54, 1.807) is 36.3 Å². The molecule has 160 valence electrons. The van der Waals surface area contributed by atoms with Crippen LogP contribution in [-0.4, -0.2) is 68.0 Å². The van der Waals surface area contributed by atoms with Gasteiger partial charge < -0.3 is 19.9 Å². The third-order valence-corrected chi connectivity index (χ3v) is 5.55. The van der Waals surface area contributed by atoms with E-state index in [-0.39, 0.29) is 17.7 Å². The van der Waals surface area contributed by atoms with Crippen LogP contribution in [0.25, 0.3) is 0 Å². The van der Waals surface area contributed by atoms with Crippen LogP contribution in [-0.2, 0) is 4.79 Å². The Hall–Kier alpha value is -2.86. The van der Waals surface area contributed by atoms with Crippen molar-refractivity contribution >= 4 is 11.8 Å². The lowest BCUT2D eigenvalue weighted by Crippen LogP contribution is -2.47. The van der Waals surface area contributed by atoms with Gasteiger partial charge in [-0.2, -0.15) is 0 Å². The quantitative estimate of drug-likeness (QED) is 0.728. The second kappa shape index (κ2) is 10.8. The highest BCUT2D eigenvalue weighted by atomic mass is 16.5. The summed E-state index contributed by atoms with van der Waals surface area (Å²) < 4.78 is 5.20. The summed E-state index contributed by atoms with van der Waals surface area (Å²) in [6.07, 6.45) is 0.337. The molecule has 3 rings (SSSR count). The summed E-state index contributed by atoms with van der Waals surface area (Å²) in [7, 11) is 1.60. The number of carbonyl (C=O) groups is 2. The molecule has 1 atom stereocenters. The topological polar surface area (TPSA) is 61.9 Å². The van der Waals surface area contributed by atoms with Crippen LogP contribution in [0, 0.1) is 0 Å². The van der Waals surface area contributed by atoms with Gasteiger partial charge in [0.25, 0.3) is 5.91 Å². The summed E-state index contributed by atoms with van der Waals surface area (Å²) in [6, 6.07) is 17.3. The van der Waals surface area contributed by atoms with E-state index in [2.05, 4.69) is 24.4 Å². The summed E-state index contributed by atoms with van der Waals surface area (Å²) in [5, 5.41) is 3.26. The van der Waals surface area contributed by atoms with Crippen LogP contribution in [0.1, 0.15) is 35.2 Å². The Kier molecular flexibility index (Phi) is 7.85. The smallest absolute Gasteiger partial charge is 0.253 e. The lowest BCUT2D eigenvalue weighted by Gasteiger charge is -2.30. The summed E-state index contributed by atoms with van der Waals surface area (Å²) in [4.78, 5) is 29.6. The molecule has 1 N–H and O–H groups in total. The first-order valence-corrected chi connectivity index (χ1v) is 10.5. The largest absolute Gasteiger partial charge is 0.497 e.